The fraction of sp³-hybridized carbons (Fsp3) is 0. The maximum Gasteiger partial charge on any atom is 0.211 e. The maximum absolute atomic E-state index is 2.26. The fourth-order valence-electron chi connectivity index (χ4n) is 4.04. The van der Waals surface area contributed by atoms with E-state index in [0.29, 0.717) is 0 Å². The van der Waals surface area contributed by atoms with Gasteiger partial charge in [0, 0.05) is 36.4 Å². The Morgan fingerprint density at radius 3 is 1.46 bits per heavy atom. The Labute approximate surface area is 150 Å². The second-order valence-electron chi connectivity index (χ2n) is 6.84. The first-order chi connectivity index (χ1) is 12.9. The highest BCUT2D eigenvalue weighted by Crippen LogP contribution is 2.30. The van der Waals surface area contributed by atoms with Crippen LogP contribution in [0.1, 0.15) is 0 Å². The van der Waals surface area contributed by atoms with Gasteiger partial charge in [-0.15, -0.1) is 0 Å². The molecule has 0 atom stereocenters. The molecule has 2 aromatic carbocycles. The number of fused-ring (bicyclic) bond motifs is 7. The van der Waals surface area contributed by atoms with Gasteiger partial charge in [0.2, 0.25) is 11.0 Å². The van der Waals surface area contributed by atoms with Crippen molar-refractivity contribution in [1.82, 2.24) is 0 Å². The van der Waals surface area contributed by atoms with Crippen LogP contribution in [0.2, 0.25) is 0 Å². The van der Waals surface area contributed by atoms with E-state index in [9.17, 15) is 0 Å². The number of pyridine rings is 4. The van der Waals surface area contributed by atoms with Crippen LogP contribution < -0.4 is 8.80 Å². The lowest BCUT2D eigenvalue weighted by atomic mass is 9.98. The molecular weight excluding hydrogens is 316 g/mol. The topological polar surface area (TPSA) is 8.20 Å². The van der Waals surface area contributed by atoms with Crippen LogP contribution in [0.3, 0.4) is 0 Å². The van der Waals surface area contributed by atoms with E-state index in [-0.39, 0.29) is 0 Å². The minimum absolute atomic E-state index is 1.21. The standard InChI is InChI=1S/C24H16N2/c1-3-11-25-15-23-17(13-19(25)5-1)7-9-22-21(23)10-8-18-14-20-6-2-4-12-26(20)16-24(18)22/h1-16H/q+2. The molecule has 0 unspecified atom stereocenters. The summed E-state index contributed by atoms with van der Waals surface area (Å²) in [5.41, 5.74) is 2.42. The van der Waals surface area contributed by atoms with Crippen LogP contribution >= 0.6 is 0 Å². The SMILES string of the molecule is c1cc[n+]2cc3c(ccc4c5c[n+]6ccccc6cc5ccc34)cc2c1. The monoisotopic (exact) mass is 332 g/mol. The van der Waals surface area contributed by atoms with Crippen LogP contribution in [0, 0.1) is 0 Å². The molecule has 0 bridgehead atoms. The molecule has 0 saturated heterocycles. The Hall–Kier alpha value is -3.52. The van der Waals surface area contributed by atoms with Gasteiger partial charge in [-0.3, -0.25) is 0 Å². The van der Waals surface area contributed by atoms with Crippen LogP contribution in [0.25, 0.3) is 43.4 Å². The van der Waals surface area contributed by atoms with Gasteiger partial charge in [0.25, 0.3) is 0 Å². The van der Waals surface area contributed by atoms with Crippen LogP contribution in [0.15, 0.2) is 97.6 Å². The van der Waals surface area contributed by atoms with Crippen molar-refractivity contribution in [2.75, 3.05) is 0 Å². The number of aromatic nitrogens is 2. The summed E-state index contributed by atoms with van der Waals surface area (Å²) in [5, 5.41) is 7.71. The summed E-state index contributed by atoms with van der Waals surface area (Å²) in [6.07, 6.45) is 8.70. The van der Waals surface area contributed by atoms with Gasteiger partial charge in [0.15, 0.2) is 24.8 Å². The lowest BCUT2D eigenvalue weighted by Crippen LogP contribution is -2.20. The summed E-state index contributed by atoms with van der Waals surface area (Å²) in [4.78, 5) is 0. The Morgan fingerprint density at radius 2 is 0.962 bits per heavy atom. The van der Waals surface area contributed by atoms with E-state index in [0.717, 1.165) is 0 Å². The van der Waals surface area contributed by atoms with Crippen molar-refractivity contribution < 1.29 is 8.80 Å². The Morgan fingerprint density at radius 1 is 0.462 bits per heavy atom. The number of hydrogen-bond donors (Lipinski definition) is 0. The number of hydrogen-bond acceptors (Lipinski definition) is 0. The molecule has 2 heteroatoms. The minimum atomic E-state index is 1.21. The number of benzene rings is 2. The fourth-order valence-corrected chi connectivity index (χ4v) is 4.04. The van der Waals surface area contributed by atoms with Crippen molar-refractivity contribution in [2.45, 2.75) is 0 Å². The van der Waals surface area contributed by atoms with Gasteiger partial charge < -0.3 is 0 Å². The van der Waals surface area contributed by atoms with Gasteiger partial charge >= 0.3 is 0 Å². The summed E-state index contributed by atoms with van der Waals surface area (Å²) >= 11 is 0. The van der Waals surface area contributed by atoms with E-state index in [1.165, 1.54) is 43.4 Å². The summed E-state index contributed by atoms with van der Waals surface area (Å²) in [7, 11) is 0. The minimum Gasteiger partial charge on any atom is -0.167 e. The van der Waals surface area contributed by atoms with Crippen molar-refractivity contribution in [3.63, 3.8) is 0 Å². The normalized spacial score (nSPS) is 11.8. The summed E-state index contributed by atoms with van der Waals surface area (Å²) in [6.45, 7) is 0. The van der Waals surface area contributed by atoms with Crippen molar-refractivity contribution in [3.05, 3.63) is 97.6 Å². The second-order valence-corrected chi connectivity index (χ2v) is 6.84. The van der Waals surface area contributed by atoms with E-state index < -0.39 is 0 Å². The molecular formula is C24H16N2+2. The largest absolute Gasteiger partial charge is 0.211 e. The zero-order valence-electron chi connectivity index (χ0n) is 14.1. The molecule has 0 aliphatic rings. The van der Waals surface area contributed by atoms with Gasteiger partial charge in [0.05, 0.1) is 10.8 Å². The van der Waals surface area contributed by atoms with E-state index >= 15 is 0 Å². The molecule has 0 N–H and O–H groups in total. The van der Waals surface area contributed by atoms with E-state index in [4.69, 9.17) is 0 Å². The van der Waals surface area contributed by atoms with Gasteiger partial charge in [0.1, 0.15) is 0 Å². The van der Waals surface area contributed by atoms with Crippen molar-refractivity contribution in [3.8, 4) is 0 Å². The zero-order valence-corrected chi connectivity index (χ0v) is 14.1. The van der Waals surface area contributed by atoms with Crippen molar-refractivity contribution in [2.24, 2.45) is 0 Å². The second kappa shape index (κ2) is 4.99. The zero-order chi connectivity index (χ0) is 17.1. The molecule has 6 aromatic rings. The lowest BCUT2D eigenvalue weighted by Gasteiger charge is -2.06. The molecule has 0 radical (unpaired) electrons. The summed E-state index contributed by atoms with van der Waals surface area (Å²) < 4.78 is 4.39. The van der Waals surface area contributed by atoms with Gasteiger partial charge in [-0.05, 0) is 33.7 Å². The lowest BCUT2D eigenvalue weighted by molar-refractivity contribution is -0.510. The number of rotatable bonds is 0. The molecule has 0 spiro atoms. The first-order valence-corrected chi connectivity index (χ1v) is 8.86. The molecule has 0 saturated carbocycles. The highest BCUT2D eigenvalue weighted by atomic mass is 14.8. The molecule has 6 rings (SSSR count). The maximum atomic E-state index is 2.26. The smallest absolute Gasteiger partial charge is 0.167 e. The molecule has 4 aromatic heterocycles. The summed E-state index contributed by atoms with van der Waals surface area (Å²) in [5.74, 6) is 0. The van der Waals surface area contributed by atoms with Crippen LogP contribution in [0.5, 0.6) is 0 Å². The van der Waals surface area contributed by atoms with Crippen molar-refractivity contribution in [1.29, 1.82) is 0 Å². The number of nitrogens with zero attached hydrogens (tertiary/aromatic N) is 2. The molecule has 4 heterocycles. The Kier molecular flexibility index (Phi) is 2.64. The first kappa shape index (κ1) is 13.7. The molecule has 0 aliphatic carbocycles. The molecule has 26 heavy (non-hydrogen) atoms. The Bertz CT molecular complexity index is 1370. The molecule has 0 fully saturated rings. The van der Waals surface area contributed by atoms with Crippen LogP contribution in [0.4, 0.5) is 0 Å². The highest BCUT2D eigenvalue weighted by Gasteiger charge is 2.12. The predicted octanol–water partition coefficient (Wildman–Crippen LogP) is 4.62. The van der Waals surface area contributed by atoms with E-state index in [1.54, 1.807) is 0 Å². The average molecular weight is 332 g/mol. The molecule has 120 valence electrons. The third kappa shape index (κ3) is 1.87. The van der Waals surface area contributed by atoms with Crippen molar-refractivity contribution >= 4 is 43.4 Å². The van der Waals surface area contributed by atoms with E-state index in [1.807, 2.05) is 0 Å². The first-order valence-electron chi connectivity index (χ1n) is 8.86. The Balaban J connectivity index is 1.80. The third-order valence-corrected chi connectivity index (χ3v) is 5.34. The highest BCUT2D eigenvalue weighted by molar-refractivity contribution is 6.17. The van der Waals surface area contributed by atoms with Crippen LogP contribution in [-0.2, 0) is 0 Å². The third-order valence-electron chi connectivity index (χ3n) is 5.34. The van der Waals surface area contributed by atoms with Gasteiger partial charge in [-0.2, -0.15) is 8.80 Å². The van der Waals surface area contributed by atoms with Gasteiger partial charge in [-0.25, -0.2) is 0 Å². The van der Waals surface area contributed by atoms with Crippen LogP contribution in [-0.4, -0.2) is 0 Å². The predicted molar refractivity (Wildman–Crippen MR) is 105 cm³/mol. The summed E-state index contributed by atoms with van der Waals surface area (Å²) in [6, 6.07) is 26.1. The molecule has 0 aliphatic heterocycles. The van der Waals surface area contributed by atoms with E-state index in [2.05, 4.69) is 106 Å². The molecule has 0 amide bonds. The molecule has 2 nitrogen and oxygen atoms in total. The quantitative estimate of drug-likeness (QED) is 0.218. The average Bonchev–Trinajstić information content (AvgIpc) is 2.70. The van der Waals surface area contributed by atoms with Gasteiger partial charge in [-0.1, -0.05) is 24.3 Å².